The number of thiophene rings is 1. The number of carbonyl (C=O) groups excluding carboxylic acids is 3. The Labute approximate surface area is 187 Å². The van der Waals surface area contributed by atoms with E-state index in [0.29, 0.717) is 5.76 Å². The Morgan fingerprint density at radius 1 is 1.19 bits per heavy atom. The molecule has 0 radical (unpaired) electrons. The predicted molar refractivity (Wildman–Crippen MR) is 114 cm³/mol. The highest BCUT2D eigenvalue weighted by Crippen LogP contribution is 2.32. The van der Waals surface area contributed by atoms with E-state index in [1.165, 1.54) is 43.7 Å². The van der Waals surface area contributed by atoms with Gasteiger partial charge in [-0.1, -0.05) is 6.07 Å². The van der Waals surface area contributed by atoms with Gasteiger partial charge in [0.05, 0.1) is 37.6 Å². The summed E-state index contributed by atoms with van der Waals surface area (Å²) in [6.45, 7) is -0.202. The summed E-state index contributed by atoms with van der Waals surface area (Å²) in [4.78, 5) is 38.6. The normalized spacial score (nSPS) is 16.7. The van der Waals surface area contributed by atoms with Gasteiger partial charge in [-0.2, -0.15) is 4.31 Å². The van der Waals surface area contributed by atoms with Gasteiger partial charge < -0.3 is 9.15 Å². The van der Waals surface area contributed by atoms with Crippen molar-refractivity contribution in [2.75, 3.05) is 12.0 Å². The second-order valence-corrected chi connectivity index (χ2v) is 9.95. The minimum atomic E-state index is -4.07. The molecule has 2 amide bonds. The van der Waals surface area contributed by atoms with Crippen LogP contribution in [0.3, 0.4) is 0 Å². The number of hydrogen-bond donors (Lipinski definition) is 0. The van der Waals surface area contributed by atoms with E-state index in [1.54, 1.807) is 23.6 Å². The third-order valence-electron chi connectivity index (χ3n) is 4.97. The van der Waals surface area contributed by atoms with Crippen LogP contribution in [0.2, 0.25) is 0 Å². The molecule has 1 saturated heterocycles. The van der Waals surface area contributed by atoms with Gasteiger partial charge in [0, 0.05) is 0 Å². The summed E-state index contributed by atoms with van der Waals surface area (Å²) in [5.41, 5.74) is 0.494. The number of imide groups is 1. The molecule has 0 bridgehead atoms. The van der Waals surface area contributed by atoms with Crippen LogP contribution in [0.5, 0.6) is 0 Å². The lowest BCUT2D eigenvalue weighted by atomic mass is 10.2. The maximum atomic E-state index is 13.3. The Kier molecular flexibility index (Phi) is 5.96. The van der Waals surface area contributed by atoms with Gasteiger partial charge in [0.1, 0.15) is 16.0 Å². The van der Waals surface area contributed by atoms with Crippen molar-refractivity contribution in [1.82, 2.24) is 4.31 Å². The zero-order chi connectivity index (χ0) is 22.9. The van der Waals surface area contributed by atoms with Gasteiger partial charge in [-0.3, -0.25) is 9.59 Å². The number of carbonyl (C=O) groups is 3. The van der Waals surface area contributed by atoms with Crippen molar-refractivity contribution in [3.8, 4) is 0 Å². The highest BCUT2D eigenvalue weighted by molar-refractivity contribution is 7.91. The molecule has 1 unspecified atom stereocenters. The topological polar surface area (TPSA) is 114 Å². The average molecular weight is 475 g/mol. The number of anilines is 1. The number of rotatable bonds is 7. The first-order chi connectivity index (χ1) is 15.3. The number of benzene rings is 1. The van der Waals surface area contributed by atoms with E-state index >= 15 is 0 Å². The fourth-order valence-corrected chi connectivity index (χ4v) is 6.09. The minimum Gasteiger partial charge on any atom is -0.468 e. The van der Waals surface area contributed by atoms with Crippen LogP contribution in [0, 0.1) is 0 Å². The number of esters is 1. The van der Waals surface area contributed by atoms with Gasteiger partial charge in [0.25, 0.3) is 15.9 Å². The first-order valence-electron chi connectivity index (χ1n) is 9.46. The summed E-state index contributed by atoms with van der Waals surface area (Å²) < 4.78 is 37.6. The molecule has 3 aromatic rings. The van der Waals surface area contributed by atoms with Crippen molar-refractivity contribution in [3.05, 3.63) is 71.5 Å². The zero-order valence-electron chi connectivity index (χ0n) is 16.8. The number of hydrogen-bond acceptors (Lipinski definition) is 8. The maximum absolute atomic E-state index is 13.3. The van der Waals surface area contributed by atoms with E-state index in [1.807, 2.05) is 0 Å². The van der Waals surface area contributed by atoms with Gasteiger partial charge in [0.15, 0.2) is 0 Å². The molecule has 1 fully saturated rings. The minimum absolute atomic E-state index is 0.0604. The Balaban J connectivity index is 1.67. The van der Waals surface area contributed by atoms with Crippen molar-refractivity contribution in [1.29, 1.82) is 0 Å². The van der Waals surface area contributed by atoms with Crippen molar-refractivity contribution >= 4 is 44.8 Å². The predicted octanol–water partition coefficient (Wildman–Crippen LogP) is 2.65. The molecule has 0 N–H and O–H groups in total. The lowest BCUT2D eigenvalue weighted by Crippen LogP contribution is -2.44. The fourth-order valence-electron chi connectivity index (χ4n) is 3.42. The van der Waals surface area contributed by atoms with E-state index < -0.39 is 33.8 Å². The summed E-state index contributed by atoms with van der Waals surface area (Å²) in [5.74, 6) is -1.43. The molecule has 1 aliphatic rings. The molecule has 166 valence electrons. The molecule has 11 heteroatoms. The molecule has 0 saturated carbocycles. The standard InChI is InChI=1S/C21H18N2O7S2/c1-29-21(26)14-6-8-15(9-7-14)23-18(24)12-17(20(23)25)22(13-16-4-2-10-30-16)32(27,28)19-5-3-11-31-19/h2-11,17H,12-13H2,1H3. The summed E-state index contributed by atoms with van der Waals surface area (Å²) in [6, 6.07) is 10.8. The number of furan rings is 1. The molecular formula is C21H18N2O7S2. The van der Waals surface area contributed by atoms with Crippen LogP contribution in [-0.2, 0) is 30.9 Å². The van der Waals surface area contributed by atoms with Crippen LogP contribution >= 0.6 is 11.3 Å². The van der Waals surface area contributed by atoms with Crippen molar-refractivity contribution < 1.29 is 32.0 Å². The van der Waals surface area contributed by atoms with Gasteiger partial charge in [0.2, 0.25) is 5.91 Å². The van der Waals surface area contributed by atoms with E-state index in [0.717, 1.165) is 20.5 Å². The molecule has 4 rings (SSSR count). The van der Waals surface area contributed by atoms with Gasteiger partial charge >= 0.3 is 5.97 Å². The molecule has 1 aliphatic heterocycles. The number of nitrogens with zero attached hydrogens (tertiary/aromatic N) is 2. The average Bonchev–Trinajstić information content (AvgIpc) is 3.54. The van der Waals surface area contributed by atoms with E-state index in [4.69, 9.17) is 4.42 Å². The molecule has 1 aromatic carbocycles. The Morgan fingerprint density at radius 3 is 2.53 bits per heavy atom. The Morgan fingerprint density at radius 2 is 1.94 bits per heavy atom. The molecular weight excluding hydrogens is 456 g/mol. The lowest BCUT2D eigenvalue weighted by Gasteiger charge is -2.25. The number of sulfonamides is 1. The Hall–Kier alpha value is -3.28. The largest absolute Gasteiger partial charge is 0.468 e. The van der Waals surface area contributed by atoms with Gasteiger partial charge in [-0.25, -0.2) is 18.1 Å². The highest BCUT2D eigenvalue weighted by atomic mass is 32.2. The molecule has 2 aromatic heterocycles. The second kappa shape index (κ2) is 8.69. The van der Waals surface area contributed by atoms with Crippen LogP contribution in [0.25, 0.3) is 0 Å². The molecule has 0 spiro atoms. The quantitative estimate of drug-likeness (QED) is 0.382. The molecule has 32 heavy (non-hydrogen) atoms. The summed E-state index contributed by atoms with van der Waals surface area (Å²) in [5, 5.41) is 1.62. The SMILES string of the molecule is COC(=O)c1ccc(N2C(=O)CC(N(Cc3ccco3)S(=O)(=O)c3cccs3)C2=O)cc1. The smallest absolute Gasteiger partial charge is 0.337 e. The first-order valence-corrected chi connectivity index (χ1v) is 11.8. The third-order valence-corrected chi connectivity index (χ3v) is 8.19. The number of methoxy groups -OCH3 is 1. The van der Waals surface area contributed by atoms with E-state index in [9.17, 15) is 22.8 Å². The monoisotopic (exact) mass is 474 g/mol. The Bertz CT molecular complexity index is 1230. The molecule has 1 atom stereocenters. The fraction of sp³-hybridized carbons (Fsp3) is 0.190. The van der Waals surface area contributed by atoms with Crippen LogP contribution in [0.1, 0.15) is 22.5 Å². The summed E-state index contributed by atoms with van der Waals surface area (Å²) >= 11 is 1.02. The van der Waals surface area contributed by atoms with E-state index in [2.05, 4.69) is 4.74 Å². The molecule has 0 aliphatic carbocycles. The lowest BCUT2D eigenvalue weighted by molar-refractivity contribution is -0.122. The van der Waals surface area contributed by atoms with Crippen molar-refractivity contribution in [3.63, 3.8) is 0 Å². The highest BCUT2D eigenvalue weighted by Gasteiger charge is 2.47. The van der Waals surface area contributed by atoms with Crippen LogP contribution in [0.15, 0.2) is 68.8 Å². The third kappa shape index (κ3) is 3.97. The van der Waals surface area contributed by atoms with Crippen LogP contribution < -0.4 is 4.90 Å². The number of ether oxygens (including phenoxy) is 1. The molecule has 9 nitrogen and oxygen atoms in total. The summed E-state index contributed by atoms with van der Waals surface area (Å²) in [6.07, 6.45) is 1.09. The maximum Gasteiger partial charge on any atom is 0.337 e. The number of amides is 2. The van der Waals surface area contributed by atoms with Gasteiger partial charge in [-0.05, 0) is 47.8 Å². The van der Waals surface area contributed by atoms with Crippen LogP contribution in [-0.4, -0.2) is 43.7 Å². The van der Waals surface area contributed by atoms with E-state index in [-0.39, 0.29) is 28.4 Å². The summed E-state index contributed by atoms with van der Waals surface area (Å²) in [7, 11) is -2.82. The second-order valence-electron chi connectivity index (χ2n) is 6.89. The molecule has 3 heterocycles. The van der Waals surface area contributed by atoms with Crippen LogP contribution in [0.4, 0.5) is 5.69 Å². The van der Waals surface area contributed by atoms with Crippen molar-refractivity contribution in [2.45, 2.75) is 23.2 Å². The first kappa shape index (κ1) is 21.9. The van der Waals surface area contributed by atoms with Crippen molar-refractivity contribution in [2.24, 2.45) is 0 Å². The van der Waals surface area contributed by atoms with Gasteiger partial charge in [-0.15, -0.1) is 11.3 Å². The zero-order valence-corrected chi connectivity index (χ0v) is 18.5.